The number of nitro benzene ring substituents is 1. The molecule has 0 bridgehead atoms. The van der Waals surface area contributed by atoms with Crippen LogP contribution in [0.25, 0.3) is 0 Å². The molecule has 118 valence electrons. The van der Waals surface area contributed by atoms with Gasteiger partial charge in [0.1, 0.15) is 11.1 Å². The summed E-state index contributed by atoms with van der Waals surface area (Å²) in [6.07, 6.45) is 1.72. The predicted octanol–water partition coefficient (Wildman–Crippen LogP) is 2.59. The SMILES string of the molecule is CC[C@@H](C(=O)Nc1ccc([N+](=O)[O-])c(Cl)c1)N1CCCC1=O. The number of hydrogen-bond donors (Lipinski definition) is 1. The smallest absolute Gasteiger partial charge is 0.288 e. The van der Waals surface area contributed by atoms with Crippen LogP contribution in [0, 0.1) is 10.1 Å². The van der Waals surface area contributed by atoms with Crippen LogP contribution in [0.4, 0.5) is 11.4 Å². The van der Waals surface area contributed by atoms with Gasteiger partial charge in [-0.25, -0.2) is 0 Å². The Morgan fingerprint density at radius 2 is 2.27 bits per heavy atom. The van der Waals surface area contributed by atoms with Gasteiger partial charge in [-0.05, 0) is 25.0 Å². The average molecular weight is 326 g/mol. The predicted molar refractivity (Wildman–Crippen MR) is 81.8 cm³/mol. The van der Waals surface area contributed by atoms with Crippen molar-refractivity contribution >= 4 is 34.8 Å². The summed E-state index contributed by atoms with van der Waals surface area (Å²) in [5.41, 5.74) is 0.145. The van der Waals surface area contributed by atoms with Gasteiger partial charge in [0.2, 0.25) is 11.8 Å². The van der Waals surface area contributed by atoms with E-state index in [2.05, 4.69) is 5.32 Å². The molecule has 2 amide bonds. The quantitative estimate of drug-likeness (QED) is 0.665. The monoisotopic (exact) mass is 325 g/mol. The van der Waals surface area contributed by atoms with Crippen LogP contribution < -0.4 is 5.32 Å². The summed E-state index contributed by atoms with van der Waals surface area (Å²) in [5.74, 6) is -0.341. The Morgan fingerprint density at radius 1 is 1.55 bits per heavy atom. The Balaban J connectivity index is 2.12. The first-order valence-electron chi connectivity index (χ1n) is 6.98. The van der Waals surface area contributed by atoms with Crippen LogP contribution in [-0.2, 0) is 9.59 Å². The minimum Gasteiger partial charge on any atom is -0.331 e. The van der Waals surface area contributed by atoms with E-state index in [1.54, 1.807) is 4.90 Å². The lowest BCUT2D eigenvalue weighted by atomic mass is 10.1. The molecule has 0 radical (unpaired) electrons. The summed E-state index contributed by atoms with van der Waals surface area (Å²) in [4.78, 5) is 35.8. The van der Waals surface area contributed by atoms with E-state index in [4.69, 9.17) is 11.6 Å². The molecule has 1 aromatic carbocycles. The van der Waals surface area contributed by atoms with Crippen LogP contribution in [0.3, 0.4) is 0 Å². The van der Waals surface area contributed by atoms with Crippen molar-refractivity contribution in [1.29, 1.82) is 0 Å². The van der Waals surface area contributed by atoms with Crippen molar-refractivity contribution in [2.75, 3.05) is 11.9 Å². The summed E-state index contributed by atoms with van der Waals surface area (Å²) < 4.78 is 0. The third-order valence-electron chi connectivity index (χ3n) is 3.59. The zero-order chi connectivity index (χ0) is 16.3. The highest BCUT2D eigenvalue weighted by Gasteiger charge is 2.31. The minimum absolute atomic E-state index is 0.0243. The largest absolute Gasteiger partial charge is 0.331 e. The van der Waals surface area contributed by atoms with Crippen molar-refractivity contribution in [1.82, 2.24) is 4.90 Å². The highest BCUT2D eigenvalue weighted by atomic mass is 35.5. The maximum Gasteiger partial charge on any atom is 0.288 e. The molecular formula is C14H16ClN3O4. The van der Waals surface area contributed by atoms with Gasteiger partial charge in [0.15, 0.2) is 0 Å². The molecule has 1 fully saturated rings. The van der Waals surface area contributed by atoms with E-state index in [1.165, 1.54) is 18.2 Å². The second-order valence-electron chi connectivity index (χ2n) is 5.03. The molecule has 7 nitrogen and oxygen atoms in total. The number of rotatable bonds is 5. The van der Waals surface area contributed by atoms with Crippen LogP contribution in [0.1, 0.15) is 26.2 Å². The van der Waals surface area contributed by atoms with Gasteiger partial charge >= 0.3 is 0 Å². The Bertz CT molecular complexity index is 620. The molecule has 0 saturated carbocycles. The fraction of sp³-hybridized carbons (Fsp3) is 0.429. The summed E-state index contributed by atoms with van der Waals surface area (Å²) >= 11 is 5.81. The molecule has 0 unspecified atom stereocenters. The van der Waals surface area contributed by atoms with Gasteiger partial charge in [0.25, 0.3) is 5.69 Å². The first kappa shape index (κ1) is 16.2. The third-order valence-corrected chi connectivity index (χ3v) is 3.89. The van der Waals surface area contributed by atoms with E-state index in [-0.39, 0.29) is 22.5 Å². The van der Waals surface area contributed by atoms with Crippen molar-refractivity contribution < 1.29 is 14.5 Å². The molecular weight excluding hydrogens is 310 g/mol. The summed E-state index contributed by atoms with van der Waals surface area (Å²) in [7, 11) is 0. The van der Waals surface area contributed by atoms with Crippen molar-refractivity contribution in [3.63, 3.8) is 0 Å². The number of benzene rings is 1. The normalized spacial score (nSPS) is 15.7. The number of carbonyl (C=O) groups is 2. The number of halogens is 1. The van der Waals surface area contributed by atoms with E-state index >= 15 is 0 Å². The van der Waals surface area contributed by atoms with E-state index < -0.39 is 11.0 Å². The molecule has 0 aliphatic carbocycles. The second kappa shape index (κ2) is 6.74. The summed E-state index contributed by atoms with van der Waals surface area (Å²) in [6.45, 7) is 2.41. The van der Waals surface area contributed by atoms with Crippen LogP contribution in [0.2, 0.25) is 5.02 Å². The molecule has 1 N–H and O–H groups in total. The topological polar surface area (TPSA) is 92.5 Å². The lowest BCUT2D eigenvalue weighted by molar-refractivity contribution is -0.384. The third kappa shape index (κ3) is 3.36. The fourth-order valence-corrected chi connectivity index (χ4v) is 2.75. The average Bonchev–Trinajstić information content (AvgIpc) is 2.85. The molecule has 0 spiro atoms. The van der Waals surface area contributed by atoms with Crippen LogP contribution in [0.5, 0.6) is 0 Å². The van der Waals surface area contributed by atoms with E-state index in [1.807, 2.05) is 6.92 Å². The number of nitrogens with one attached hydrogen (secondary N) is 1. The zero-order valence-electron chi connectivity index (χ0n) is 12.0. The molecule has 2 rings (SSSR count). The van der Waals surface area contributed by atoms with Crippen molar-refractivity contribution in [3.8, 4) is 0 Å². The van der Waals surface area contributed by atoms with E-state index in [0.717, 1.165) is 6.42 Å². The second-order valence-corrected chi connectivity index (χ2v) is 5.43. The molecule has 1 aliphatic rings. The number of anilines is 1. The van der Waals surface area contributed by atoms with E-state index in [9.17, 15) is 19.7 Å². The Morgan fingerprint density at radius 3 is 2.77 bits per heavy atom. The number of nitrogens with zero attached hydrogens (tertiary/aromatic N) is 2. The van der Waals surface area contributed by atoms with Gasteiger partial charge in [0.05, 0.1) is 4.92 Å². The first-order valence-corrected chi connectivity index (χ1v) is 7.36. The van der Waals surface area contributed by atoms with Crippen molar-refractivity contribution in [2.24, 2.45) is 0 Å². The van der Waals surface area contributed by atoms with Gasteiger partial charge in [-0.1, -0.05) is 18.5 Å². The first-order chi connectivity index (χ1) is 10.4. The molecule has 1 aromatic rings. The number of nitro groups is 1. The summed E-state index contributed by atoms with van der Waals surface area (Å²) in [6, 6.07) is 3.44. The number of carbonyl (C=O) groups excluding carboxylic acids is 2. The minimum atomic E-state index is -0.592. The van der Waals surface area contributed by atoms with Gasteiger partial charge in [-0.3, -0.25) is 19.7 Å². The maximum absolute atomic E-state index is 12.3. The maximum atomic E-state index is 12.3. The van der Waals surface area contributed by atoms with Crippen LogP contribution >= 0.6 is 11.6 Å². The van der Waals surface area contributed by atoms with Gasteiger partial charge < -0.3 is 10.2 Å². The number of hydrogen-bond acceptors (Lipinski definition) is 4. The van der Waals surface area contributed by atoms with Crippen LogP contribution in [-0.4, -0.2) is 34.2 Å². The molecule has 8 heteroatoms. The van der Waals surface area contributed by atoms with Crippen molar-refractivity contribution in [2.45, 2.75) is 32.2 Å². The Labute approximate surface area is 132 Å². The van der Waals surface area contributed by atoms with Crippen molar-refractivity contribution in [3.05, 3.63) is 33.3 Å². The van der Waals surface area contributed by atoms with E-state index in [0.29, 0.717) is 25.1 Å². The van der Waals surface area contributed by atoms with Gasteiger partial charge in [0, 0.05) is 24.7 Å². The Hall–Kier alpha value is -2.15. The molecule has 22 heavy (non-hydrogen) atoms. The lowest BCUT2D eigenvalue weighted by Gasteiger charge is -2.25. The number of likely N-dealkylation sites (tertiary alicyclic amines) is 1. The fourth-order valence-electron chi connectivity index (χ4n) is 2.50. The molecule has 1 saturated heterocycles. The standard InChI is InChI=1S/C14H16ClN3O4/c1-2-11(17-7-3-4-13(17)19)14(20)16-9-5-6-12(18(21)22)10(15)8-9/h5-6,8,11H,2-4,7H2,1H3,(H,16,20)/t11-/m0/s1. The highest BCUT2D eigenvalue weighted by Crippen LogP contribution is 2.27. The molecule has 1 heterocycles. The summed E-state index contributed by atoms with van der Waals surface area (Å²) in [5, 5.41) is 13.3. The lowest BCUT2D eigenvalue weighted by Crippen LogP contribution is -2.44. The van der Waals surface area contributed by atoms with Gasteiger partial charge in [-0.2, -0.15) is 0 Å². The van der Waals surface area contributed by atoms with Crippen LogP contribution in [0.15, 0.2) is 18.2 Å². The highest BCUT2D eigenvalue weighted by molar-refractivity contribution is 6.33. The molecule has 1 atom stereocenters. The van der Waals surface area contributed by atoms with Gasteiger partial charge in [-0.15, -0.1) is 0 Å². The molecule has 1 aliphatic heterocycles. The molecule has 0 aromatic heterocycles. The zero-order valence-corrected chi connectivity index (χ0v) is 12.8. The Kier molecular flexibility index (Phi) is 4.97. The number of amides is 2.